The number of fused-ring (bicyclic) bond motifs is 1. The first kappa shape index (κ1) is 22.3. The molecule has 8 heteroatoms. The van der Waals surface area contributed by atoms with Crippen molar-refractivity contribution >= 4 is 23.5 Å². The number of carbonyl (C=O) groups excluding carboxylic acids is 3. The number of amides is 4. The number of nitrogens with zero attached hydrogens (tertiary/aromatic N) is 3. The number of likely N-dealkylation sites (tertiary alicyclic amines) is 2. The van der Waals surface area contributed by atoms with Gasteiger partial charge in [0.15, 0.2) is 0 Å². The van der Waals surface area contributed by atoms with E-state index in [4.69, 9.17) is 4.74 Å². The van der Waals surface area contributed by atoms with Gasteiger partial charge in [-0.05, 0) is 54.7 Å². The molecule has 3 heterocycles. The maximum atomic E-state index is 13.3. The molecule has 3 aliphatic rings. The summed E-state index contributed by atoms with van der Waals surface area (Å²) in [7, 11) is 1.64. The van der Waals surface area contributed by atoms with Crippen LogP contribution in [0.5, 0.6) is 5.75 Å². The van der Waals surface area contributed by atoms with Gasteiger partial charge in [-0.3, -0.25) is 14.5 Å². The SMILES string of the molecule is COc1ccc(CN2C(=O)CC[C@H]3CN(C(=O)c4cccc(N5CCNC5=O)c4)CC[C@H]32)cc1. The van der Waals surface area contributed by atoms with Crippen molar-refractivity contribution in [1.82, 2.24) is 15.1 Å². The van der Waals surface area contributed by atoms with E-state index in [1.165, 1.54) is 0 Å². The number of urea groups is 1. The molecular formula is C26H30N4O4. The molecule has 2 aromatic carbocycles. The second-order valence-corrected chi connectivity index (χ2v) is 9.21. The van der Waals surface area contributed by atoms with Crippen molar-refractivity contribution in [3.63, 3.8) is 0 Å². The highest BCUT2D eigenvalue weighted by atomic mass is 16.5. The predicted molar refractivity (Wildman–Crippen MR) is 128 cm³/mol. The van der Waals surface area contributed by atoms with E-state index >= 15 is 0 Å². The summed E-state index contributed by atoms with van der Waals surface area (Å²) in [6.07, 6.45) is 2.09. The molecule has 0 bridgehead atoms. The summed E-state index contributed by atoms with van der Waals surface area (Å²) in [6, 6.07) is 15.2. The van der Waals surface area contributed by atoms with Gasteiger partial charge in [0.1, 0.15) is 5.75 Å². The van der Waals surface area contributed by atoms with Crippen molar-refractivity contribution in [1.29, 1.82) is 0 Å². The van der Waals surface area contributed by atoms with Gasteiger partial charge in [-0.2, -0.15) is 0 Å². The van der Waals surface area contributed by atoms with Gasteiger partial charge in [0.2, 0.25) is 5.91 Å². The first-order chi connectivity index (χ1) is 16.5. The molecule has 5 rings (SSSR count). The molecule has 0 unspecified atom stereocenters. The van der Waals surface area contributed by atoms with Gasteiger partial charge in [-0.25, -0.2) is 4.79 Å². The van der Waals surface area contributed by atoms with E-state index in [-0.39, 0.29) is 29.8 Å². The van der Waals surface area contributed by atoms with Gasteiger partial charge in [-0.15, -0.1) is 0 Å². The van der Waals surface area contributed by atoms with Crippen molar-refractivity contribution in [2.45, 2.75) is 31.8 Å². The third-order valence-corrected chi connectivity index (χ3v) is 7.20. The van der Waals surface area contributed by atoms with Crippen molar-refractivity contribution < 1.29 is 19.1 Å². The number of ether oxygens (including phenoxy) is 1. The van der Waals surface area contributed by atoms with Gasteiger partial charge in [-0.1, -0.05) is 18.2 Å². The van der Waals surface area contributed by atoms with Crippen molar-refractivity contribution in [3.8, 4) is 5.75 Å². The summed E-state index contributed by atoms with van der Waals surface area (Å²) in [5, 5.41) is 2.80. The molecule has 8 nitrogen and oxygen atoms in total. The Balaban J connectivity index is 1.27. The molecule has 178 valence electrons. The summed E-state index contributed by atoms with van der Waals surface area (Å²) in [5.74, 6) is 1.24. The number of hydrogen-bond acceptors (Lipinski definition) is 4. The van der Waals surface area contributed by atoms with E-state index < -0.39 is 0 Å². The molecule has 3 aliphatic heterocycles. The quantitative estimate of drug-likeness (QED) is 0.741. The molecule has 0 aliphatic carbocycles. The van der Waals surface area contributed by atoms with Gasteiger partial charge in [0.05, 0.1) is 7.11 Å². The lowest BCUT2D eigenvalue weighted by atomic mass is 9.83. The maximum absolute atomic E-state index is 13.3. The predicted octanol–water partition coefficient (Wildman–Crippen LogP) is 2.88. The van der Waals surface area contributed by atoms with E-state index in [1.54, 1.807) is 18.1 Å². The zero-order chi connectivity index (χ0) is 23.7. The highest BCUT2D eigenvalue weighted by Gasteiger charge is 2.40. The average Bonchev–Trinajstić information content (AvgIpc) is 3.31. The van der Waals surface area contributed by atoms with Crippen molar-refractivity contribution in [2.24, 2.45) is 5.92 Å². The number of rotatable bonds is 5. The van der Waals surface area contributed by atoms with Crippen LogP contribution in [0.2, 0.25) is 0 Å². The zero-order valence-electron chi connectivity index (χ0n) is 19.4. The minimum atomic E-state index is -0.130. The molecule has 0 aromatic heterocycles. The molecule has 2 atom stereocenters. The zero-order valence-corrected chi connectivity index (χ0v) is 19.4. The average molecular weight is 463 g/mol. The Kier molecular flexibility index (Phi) is 6.13. The van der Waals surface area contributed by atoms with Crippen LogP contribution in [0.1, 0.15) is 35.2 Å². The van der Waals surface area contributed by atoms with Gasteiger partial charge in [0.25, 0.3) is 5.91 Å². The number of nitrogens with one attached hydrogen (secondary N) is 1. The topological polar surface area (TPSA) is 82.2 Å². The van der Waals surface area contributed by atoms with Crippen LogP contribution in [0.15, 0.2) is 48.5 Å². The fourth-order valence-corrected chi connectivity index (χ4v) is 5.38. The van der Waals surface area contributed by atoms with Crippen LogP contribution in [-0.4, -0.2) is 67.0 Å². The van der Waals surface area contributed by atoms with Crippen LogP contribution >= 0.6 is 0 Å². The summed E-state index contributed by atoms with van der Waals surface area (Å²) in [5.41, 5.74) is 2.42. The van der Waals surface area contributed by atoms with Crippen LogP contribution in [0.3, 0.4) is 0 Å². The monoisotopic (exact) mass is 462 g/mol. The van der Waals surface area contributed by atoms with E-state index in [0.29, 0.717) is 44.7 Å². The van der Waals surface area contributed by atoms with E-state index in [0.717, 1.165) is 29.8 Å². The number of piperidine rings is 2. The summed E-state index contributed by atoms with van der Waals surface area (Å²) < 4.78 is 5.24. The molecule has 1 N–H and O–H groups in total. The number of methoxy groups -OCH3 is 1. The molecule has 2 aromatic rings. The number of carbonyl (C=O) groups is 3. The first-order valence-corrected chi connectivity index (χ1v) is 11.9. The standard InChI is InChI=1S/C26H30N4O4/c1-34-22-8-5-18(6-9-22)16-30-23-11-13-28(17-20(23)7-10-24(30)31)25(32)19-3-2-4-21(15-19)29-14-12-27-26(29)33/h2-6,8-9,15,20,23H,7,10-14,16-17H2,1H3,(H,27,33)/t20-,23+/m0/s1. The molecule has 3 fully saturated rings. The Bertz CT molecular complexity index is 1090. The van der Waals surface area contributed by atoms with E-state index in [9.17, 15) is 14.4 Å². The number of anilines is 1. The molecule has 3 saturated heterocycles. The van der Waals surface area contributed by atoms with Gasteiger partial charge >= 0.3 is 6.03 Å². The van der Waals surface area contributed by atoms with Crippen LogP contribution < -0.4 is 15.0 Å². The van der Waals surface area contributed by atoms with Crippen LogP contribution in [0, 0.1) is 5.92 Å². The lowest BCUT2D eigenvalue weighted by Crippen LogP contribution is -2.56. The molecule has 0 saturated carbocycles. The Labute approximate surface area is 199 Å². The Hall–Kier alpha value is -3.55. The van der Waals surface area contributed by atoms with Crippen LogP contribution in [0.4, 0.5) is 10.5 Å². The highest BCUT2D eigenvalue weighted by molar-refractivity contribution is 5.98. The van der Waals surface area contributed by atoms with Crippen LogP contribution in [0.25, 0.3) is 0 Å². The molecule has 34 heavy (non-hydrogen) atoms. The maximum Gasteiger partial charge on any atom is 0.321 e. The Morgan fingerprint density at radius 2 is 1.91 bits per heavy atom. The Morgan fingerprint density at radius 1 is 1.09 bits per heavy atom. The fourth-order valence-electron chi connectivity index (χ4n) is 5.38. The van der Waals surface area contributed by atoms with Crippen molar-refractivity contribution in [3.05, 3.63) is 59.7 Å². The van der Waals surface area contributed by atoms with E-state index in [1.807, 2.05) is 52.3 Å². The molecule has 0 spiro atoms. The summed E-state index contributed by atoms with van der Waals surface area (Å²) >= 11 is 0. The molecule has 0 radical (unpaired) electrons. The number of hydrogen-bond donors (Lipinski definition) is 1. The Morgan fingerprint density at radius 3 is 2.65 bits per heavy atom. The lowest BCUT2D eigenvalue weighted by molar-refractivity contribution is -0.141. The third kappa shape index (κ3) is 4.32. The second kappa shape index (κ2) is 9.37. The molecular weight excluding hydrogens is 432 g/mol. The normalized spacial score (nSPS) is 22.4. The first-order valence-electron chi connectivity index (χ1n) is 11.9. The molecule has 4 amide bonds. The van der Waals surface area contributed by atoms with Gasteiger partial charge < -0.3 is 19.9 Å². The minimum absolute atomic E-state index is 0.0153. The van der Waals surface area contributed by atoms with Gasteiger partial charge in [0, 0.05) is 56.4 Å². The van der Waals surface area contributed by atoms with Crippen molar-refractivity contribution in [2.75, 3.05) is 38.2 Å². The van der Waals surface area contributed by atoms with Crippen LogP contribution in [-0.2, 0) is 11.3 Å². The summed E-state index contributed by atoms with van der Waals surface area (Å²) in [6.45, 7) is 3.04. The lowest BCUT2D eigenvalue weighted by Gasteiger charge is -2.47. The smallest absolute Gasteiger partial charge is 0.321 e. The third-order valence-electron chi connectivity index (χ3n) is 7.20. The largest absolute Gasteiger partial charge is 0.497 e. The highest BCUT2D eigenvalue weighted by Crippen LogP contribution is 2.33. The summed E-state index contributed by atoms with van der Waals surface area (Å²) in [4.78, 5) is 43.7. The fraction of sp³-hybridized carbons (Fsp3) is 0.423. The van der Waals surface area contributed by atoms with E-state index in [2.05, 4.69) is 5.32 Å². The second-order valence-electron chi connectivity index (χ2n) is 9.21. The number of benzene rings is 2. The minimum Gasteiger partial charge on any atom is -0.497 e.